The molecule has 36 heteroatoms. The van der Waals surface area contributed by atoms with E-state index in [1.807, 2.05) is 78.3 Å². The molecule has 7 aliphatic rings. The quantitative estimate of drug-likeness (QED) is 0.0196. The molecule has 6 heterocycles. The predicted octanol–water partition coefficient (Wildman–Crippen LogP) is 3.53. The lowest BCUT2D eigenvalue weighted by atomic mass is 9.68. The standard InChI is InChI=1S/C53H78N10O13S.C29H49N3O8S/c1-29(2)15-16-40-52(6,76-40)45-44(73-7)39(17-19-53(45)28-74-53)75-51(72)58-27-43(66)63-20-11-14-38(63)50(71)62-36(22-30(3)4)47(68)57-26-42(65)60-35(18-21-77-8)48(69)61-37(23-32-24-55-34-13-10-9-12-33(32)34)49(70)59-31(5)46(67)56-25-41(54)64;1-17(2)8-9-22-28(5,40-22)25-24(36-6)21(10-12-29(25)16-38-29)39-27(35)32-20(18(3)4)15-37-23(33)14-31-26(34)19(30)11-13-41-7/h9-10,12-13,15,24,30-31,35-40,44-45,55H,11,14,16-23,25-28H2,1-8H3,(H2,54,64)(H,56,67)(H,57,68)(H,58,72)(H,59,70)(H,60,65)(H,61,69)(H,62,71);8,18-22,24-25H,9-16,30H2,1-7H3,(H,31,34)(H,32,35)/t31-,35-,36-,37-,38?,39+,40+,44+,45+,52-,53-;19-,20-,21+,22+,24+,25+,28-,29-/m00/s1. The number of aromatic nitrogens is 1. The van der Waals surface area contributed by atoms with Crippen LogP contribution in [0.15, 0.2) is 53.8 Å². The third kappa shape index (κ3) is 26.2. The van der Waals surface area contributed by atoms with Gasteiger partial charge in [-0.15, -0.1) is 0 Å². The molecule has 658 valence electrons. The summed E-state index contributed by atoms with van der Waals surface area (Å²) in [7, 11) is 3.21. The maximum absolute atomic E-state index is 14.0. The van der Waals surface area contributed by atoms with Crippen LogP contribution in [0.2, 0.25) is 0 Å². The SMILES string of the molecule is CO[C@@H]1[C@H](OC(=O)NCC(=O)N2CCCC2C(=O)N[C@@H](CC(C)C)C(=O)NCC(=O)N[C@@H](CCSC)C(=O)N[C@@H](Cc2c[nH]c3ccccc23)C(=O)N[C@@H](C)C(=O)NCC(N)=O)CC[C@]2(CO2)[C@H]1[C@@]1(C)O[C@@H]1CC=C(C)C.CO[C@@H]1[C@H](OC(=O)N[C@@H](COC(=O)CNC(=O)[C@@H](N)CCSC)C(C)C)CC[C@]2(CO2)[C@H]1[C@@]1(C)O[C@@H]1CC=C(C)C. The molecule has 19 atom stereocenters. The fourth-order valence-electron chi connectivity index (χ4n) is 16.3. The fraction of sp³-hybridized carbons (Fsp3) is 0.707. The van der Waals surface area contributed by atoms with E-state index in [0.717, 1.165) is 35.9 Å². The van der Waals surface area contributed by atoms with Crippen molar-refractivity contribution in [2.75, 3.05) is 90.8 Å². The van der Waals surface area contributed by atoms with Gasteiger partial charge < -0.3 is 112 Å². The van der Waals surface area contributed by atoms with Crippen LogP contribution in [0.4, 0.5) is 9.59 Å². The number of epoxide rings is 4. The van der Waals surface area contributed by atoms with Gasteiger partial charge in [0.25, 0.3) is 0 Å². The molecular formula is C82H127N13O21S2. The number of amides is 11. The molecule has 14 N–H and O–H groups in total. The number of hydrogen-bond donors (Lipinski definition) is 12. The Morgan fingerprint density at radius 2 is 1.20 bits per heavy atom. The van der Waals surface area contributed by atoms with Gasteiger partial charge >= 0.3 is 18.2 Å². The minimum Gasteiger partial charge on any atom is -0.462 e. The predicted molar refractivity (Wildman–Crippen MR) is 442 cm³/mol. The third-order valence-corrected chi connectivity index (χ3v) is 24.4. The second-order valence-corrected chi connectivity index (χ2v) is 35.3. The van der Waals surface area contributed by atoms with Crippen LogP contribution in [0.5, 0.6) is 0 Å². The van der Waals surface area contributed by atoms with Crippen LogP contribution in [0, 0.1) is 23.7 Å². The number of alkyl carbamates (subject to hydrolysis) is 2. The van der Waals surface area contributed by atoms with Crippen molar-refractivity contribution in [3.05, 3.63) is 59.3 Å². The van der Waals surface area contributed by atoms with E-state index in [4.69, 9.17) is 54.1 Å². The van der Waals surface area contributed by atoms with Crippen LogP contribution in [-0.4, -0.2) is 273 Å². The molecule has 0 radical (unpaired) electrons. The number of ether oxygens (including phenoxy) is 9. The number of nitrogens with one attached hydrogen (secondary N) is 10. The van der Waals surface area contributed by atoms with E-state index in [9.17, 15) is 57.5 Å². The first-order valence-electron chi connectivity index (χ1n) is 40.9. The number of hydrogen-bond acceptors (Lipinski definition) is 24. The third-order valence-electron chi connectivity index (χ3n) is 23.1. The average molecular weight is 1700 g/mol. The number of nitrogens with zero attached hydrogens (tertiary/aromatic N) is 1. The van der Waals surface area contributed by atoms with Gasteiger partial charge in [0.1, 0.15) is 96.7 Å². The number of nitrogens with two attached hydrogens (primary N) is 2. The van der Waals surface area contributed by atoms with Crippen LogP contribution in [0.25, 0.3) is 10.9 Å². The lowest BCUT2D eigenvalue weighted by molar-refractivity contribution is -0.145. The van der Waals surface area contributed by atoms with Crippen molar-refractivity contribution in [2.24, 2.45) is 35.1 Å². The summed E-state index contributed by atoms with van der Waals surface area (Å²) in [5.41, 5.74) is 13.2. The van der Waals surface area contributed by atoms with Crippen molar-refractivity contribution < 1.29 is 100 Å². The van der Waals surface area contributed by atoms with Gasteiger partial charge in [-0.25, -0.2) is 9.59 Å². The van der Waals surface area contributed by atoms with E-state index in [1.54, 1.807) is 32.2 Å². The summed E-state index contributed by atoms with van der Waals surface area (Å²) in [5, 5.41) is 24.4. The van der Waals surface area contributed by atoms with Gasteiger partial charge in [-0.3, -0.25) is 47.9 Å². The molecule has 0 bridgehead atoms. The fourth-order valence-corrected chi connectivity index (χ4v) is 17.2. The van der Waals surface area contributed by atoms with Gasteiger partial charge in [0.2, 0.25) is 53.2 Å². The lowest BCUT2D eigenvalue weighted by Gasteiger charge is -2.42. The Kier molecular flexibility index (Phi) is 35.1. The van der Waals surface area contributed by atoms with E-state index in [-0.39, 0.29) is 86.5 Å². The summed E-state index contributed by atoms with van der Waals surface area (Å²) in [5.74, 6) is -5.53. The van der Waals surface area contributed by atoms with E-state index in [1.165, 1.54) is 34.7 Å². The first-order chi connectivity index (χ1) is 55.9. The Hall–Kier alpha value is -8.10. The van der Waals surface area contributed by atoms with Crippen molar-refractivity contribution in [1.82, 2.24) is 57.7 Å². The Labute approximate surface area is 700 Å². The lowest BCUT2D eigenvalue weighted by Crippen LogP contribution is -2.58. The maximum atomic E-state index is 14.0. The Balaban J connectivity index is 0.000000355. The summed E-state index contributed by atoms with van der Waals surface area (Å²) >= 11 is 3.02. The molecule has 11 amide bonds. The van der Waals surface area contributed by atoms with E-state index < -0.39 is 168 Å². The molecule has 118 heavy (non-hydrogen) atoms. The number of allylic oxidation sites excluding steroid dienone is 2. The molecule has 2 aromatic rings. The van der Waals surface area contributed by atoms with Crippen molar-refractivity contribution in [3.8, 4) is 0 Å². The van der Waals surface area contributed by atoms with Gasteiger partial charge in [-0.05, 0) is 167 Å². The molecule has 1 unspecified atom stereocenters. The maximum Gasteiger partial charge on any atom is 0.407 e. The zero-order chi connectivity index (χ0) is 86.6. The number of H-pyrrole nitrogens is 1. The highest BCUT2D eigenvalue weighted by Gasteiger charge is 2.74. The number of primary amides is 1. The summed E-state index contributed by atoms with van der Waals surface area (Å²) < 4.78 is 53.6. The van der Waals surface area contributed by atoms with Crippen LogP contribution in [0.1, 0.15) is 152 Å². The molecule has 2 saturated carbocycles. The number of aromatic amines is 1. The summed E-state index contributed by atoms with van der Waals surface area (Å²) in [4.78, 5) is 161. The van der Waals surface area contributed by atoms with Gasteiger partial charge in [-0.1, -0.05) is 69.2 Å². The number of esters is 1. The molecule has 5 aliphatic heterocycles. The van der Waals surface area contributed by atoms with E-state index >= 15 is 0 Å². The second kappa shape index (κ2) is 43.4. The molecule has 2 aliphatic carbocycles. The highest BCUT2D eigenvalue weighted by atomic mass is 32.2. The highest BCUT2D eigenvalue weighted by molar-refractivity contribution is 7.98. The Bertz CT molecular complexity index is 3900. The number of thioether (sulfide) groups is 2. The number of rotatable bonds is 42. The van der Waals surface area contributed by atoms with Crippen LogP contribution in [0.3, 0.4) is 0 Å². The number of fused-ring (bicyclic) bond motifs is 1. The summed E-state index contributed by atoms with van der Waals surface area (Å²) in [6.45, 7) is 21.0. The van der Waals surface area contributed by atoms with Crippen LogP contribution < -0.4 is 59.3 Å². The van der Waals surface area contributed by atoms with Crippen LogP contribution in [-0.2, 0) is 97.0 Å². The van der Waals surface area contributed by atoms with Crippen molar-refractivity contribution in [2.45, 2.75) is 255 Å². The normalized spacial score (nSPS) is 27.2. The van der Waals surface area contributed by atoms with Gasteiger partial charge in [0.15, 0.2) is 0 Å². The molecule has 5 saturated heterocycles. The minimum atomic E-state index is -1.23. The van der Waals surface area contributed by atoms with Gasteiger partial charge in [-0.2, -0.15) is 23.5 Å². The zero-order valence-electron chi connectivity index (χ0n) is 70.9. The number of benzene rings is 1. The summed E-state index contributed by atoms with van der Waals surface area (Å²) in [6.07, 6.45) is 12.1. The topological polar surface area (TPSA) is 480 Å². The second-order valence-electron chi connectivity index (χ2n) is 33.4. The highest BCUT2D eigenvalue weighted by Crippen LogP contribution is 2.61. The number of likely N-dealkylation sites (tertiary alicyclic amines) is 1. The first kappa shape index (κ1) is 95.4. The molecule has 9 rings (SSSR count). The largest absolute Gasteiger partial charge is 0.462 e. The van der Waals surface area contributed by atoms with Gasteiger partial charge in [0, 0.05) is 44.3 Å². The van der Waals surface area contributed by atoms with Gasteiger partial charge in [0.05, 0.1) is 62.4 Å². The molecular weight excluding hydrogens is 1570 g/mol. The molecule has 34 nitrogen and oxygen atoms in total. The molecule has 2 spiro atoms. The molecule has 7 fully saturated rings. The van der Waals surface area contributed by atoms with Crippen molar-refractivity contribution in [3.63, 3.8) is 0 Å². The summed E-state index contributed by atoms with van der Waals surface area (Å²) in [6, 6.07) is 0.692. The number of para-hydroxylation sites is 1. The van der Waals surface area contributed by atoms with Crippen molar-refractivity contribution >= 4 is 106 Å². The minimum absolute atomic E-state index is 0.000133. The monoisotopic (exact) mass is 1690 g/mol. The molecule has 1 aromatic heterocycles. The zero-order valence-corrected chi connectivity index (χ0v) is 72.5. The van der Waals surface area contributed by atoms with Crippen molar-refractivity contribution in [1.29, 1.82) is 0 Å². The van der Waals surface area contributed by atoms with E-state index in [0.29, 0.717) is 63.1 Å². The van der Waals surface area contributed by atoms with E-state index in [2.05, 4.69) is 92.7 Å². The Morgan fingerprint density at radius 1 is 0.644 bits per heavy atom. The number of methoxy groups -OCH3 is 2. The first-order valence-corrected chi connectivity index (χ1v) is 43.7. The average Bonchev–Trinajstić information content (AvgIpc) is 1.53. The number of carbonyl (C=O) groups is 12. The molecule has 1 aromatic carbocycles. The smallest absolute Gasteiger partial charge is 0.407 e. The van der Waals surface area contributed by atoms with Crippen LogP contribution >= 0.6 is 23.5 Å². The Morgan fingerprint density at radius 3 is 1.75 bits per heavy atom. The number of carbonyl (C=O) groups excluding carboxylic acids is 12.